The van der Waals surface area contributed by atoms with E-state index in [2.05, 4.69) is 31.2 Å². The van der Waals surface area contributed by atoms with E-state index in [0.29, 0.717) is 28.5 Å². The quantitative estimate of drug-likeness (QED) is 0.498. The first kappa shape index (κ1) is 23.3. The van der Waals surface area contributed by atoms with Gasteiger partial charge >= 0.3 is 5.97 Å². The van der Waals surface area contributed by atoms with Crippen molar-refractivity contribution in [1.82, 2.24) is 5.06 Å². The highest BCUT2D eigenvalue weighted by Gasteiger charge is 2.62. The lowest BCUT2D eigenvalue weighted by Crippen LogP contribution is -2.53. The van der Waals surface area contributed by atoms with Crippen LogP contribution in [-0.2, 0) is 24.1 Å². The van der Waals surface area contributed by atoms with E-state index in [-0.39, 0.29) is 23.7 Å². The SMILES string of the molecule is C[C@]12C=C/C(=N/OCC(=O)ON3C(=O)CCC3=O)C=C1CC[C@H]1[C@@H]2CC[C@@]2(C)[C@H]1CC[C@]2(C)O. The Morgan fingerprint density at radius 1 is 1.09 bits per heavy atom. The number of allylic oxidation sites excluding steroid dienone is 4. The van der Waals surface area contributed by atoms with E-state index in [1.807, 2.05) is 13.0 Å². The third kappa shape index (κ3) is 3.53. The van der Waals surface area contributed by atoms with E-state index in [1.54, 1.807) is 0 Å². The van der Waals surface area contributed by atoms with Crippen LogP contribution in [-0.4, -0.2) is 45.9 Å². The van der Waals surface area contributed by atoms with Crippen molar-refractivity contribution in [2.45, 2.75) is 77.7 Å². The third-order valence-corrected chi connectivity index (χ3v) is 9.68. The van der Waals surface area contributed by atoms with Crippen LogP contribution in [0.5, 0.6) is 0 Å². The number of oxime groups is 1. The minimum atomic E-state index is -0.844. The van der Waals surface area contributed by atoms with Crippen LogP contribution in [0.4, 0.5) is 0 Å². The number of hydrogen-bond donors (Lipinski definition) is 1. The molecule has 1 N–H and O–H groups in total. The molecule has 1 aliphatic heterocycles. The predicted molar refractivity (Wildman–Crippen MR) is 123 cm³/mol. The van der Waals surface area contributed by atoms with Crippen LogP contribution in [0.2, 0.25) is 0 Å². The Balaban J connectivity index is 1.23. The molecule has 4 aliphatic carbocycles. The van der Waals surface area contributed by atoms with E-state index >= 15 is 0 Å². The van der Waals surface area contributed by atoms with Crippen molar-refractivity contribution < 1.29 is 29.2 Å². The third-order valence-electron chi connectivity index (χ3n) is 9.68. The van der Waals surface area contributed by atoms with Crippen LogP contribution in [0.3, 0.4) is 0 Å². The summed E-state index contributed by atoms with van der Waals surface area (Å²) in [5, 5.41) is 15.7. The minimum Gasteiger partial charge on any atom is -0.390 e. The highest BCUT2D eigenvalue weighted by atomic mass is 16.7. The van der Waals surface area contributed by atoms with E-state index < -0.39 is 30.0 Å². The molecule has 34 heavy (non-hydrogen) atoms. The average Bonchev–Trinajstić information content (AvgIpc) is 3.23. The number of carbonyl (C=O) groups is 3. The molecule has 0 spiro atoms. The molecule has 8 nitrogen and oxygen atoms in total. The number of amides is 2. The first-order valence-electron chi connectivity index (χ1n) is 12.4. The summed E-state index contributed by atoms with van der Waals surface area (Å²) in [7, 11) is 0. The Hall–Kier alpha value is -2.48. The largest absolute Gasteiger partial charge is 0.390 e. The molecule has 0 aromatic heterocycles. The number of imide groups is 1. The summed E-state index contributed by atoms with van der Waals surface area (Å²) in [5.41, 5.74) is 1.37. The van der Waals surface area contributed by atoms with Gasteiger partial charge in [-0.25, -0.2) is 4.79 Å². The summed E-state index contributed by atoms with van der Waals surface area (Å²) in [5.74, 6) is -0.175. The van der Waals surface area contributed by atoms with Crippen molar-refractivity contribution >= 4 is 23.5 Å². The molecule has 1 heterocycles. The van der Waals surface area contributed by atoms with Gasteiger partial charge in [0.1, 0.15) is 5.71 Å². The number of hydroxylamine groups is 2. The number of rotatable bonds is 4. The molecule has 2 amide bonds. The smallest absolute Gasteiger partial charge is 0.373 e. The Morgan fingerprint density at radius 2 is 1.79 bits per heavy atom. The zero-order chi connectivity index (χ0) is 24.3. The highest BCUT2D eigenvalue weighted by molar-refractivity contribution is 6.05. The van der Waals surface area contributed by atoms with Crippen LogP contribution >= 0.6 is 0 Å². The maximum absolute atomic E-state index is 11.9. The van der Waals surface area contributed by atoms with Gasteiger partial charge in [-0.1, -0.05) is 30.7 Å². The van der Waals surface area contributed by atoms with Crippen LogP contribution < -0.4 is 0 Å². The van der Waals surface area contributed by atoms with Crippen LogP contribution in [0.15, 0.2) is 29.0 Å². The molecule has 4 fully saturated rings. The molecule has 0 aromatic carbocycles. The standard InChI is InChI=1S/C26H34N2O6/c1-24-11-8-17(27-33-15-23(31)34-28-21(29)6-7-22(28)30)14-16(24)4-5-18-19(24)9-12-25(2)20(18)10-13-26(25,3)32/h8,11,14,18-20,32H,4-7,9-10,12-13,15H2,1-3H3/b27-17-/t18-,19-,20-,24-,25-,26-/m0/s1. The van der Waals surface area contributed by atoms with Gasteiger partial charge in [-0.15, -0.1) is 5.06 Å². The van der Waals surface area contributed by atoms with Gasteiger partial charge in [0.15, 0.2) is 0 Å². The van der Waals surface area contributed by atoms with Gasteiger partial charge in [0, 0.05) is 18.3 Å². The Kier molecular flexibility index (Phi) is 5.50. The van der Waals surface area contributed by atoms with Gasteiger partial charge in [-0.2, -0.15) is 0 Å². The van der Waals surface area contributed by atoms with Crippen LogP contribution in [0.1, 0.15) is 72.1 Å². The van der Waals surface area contributed by atoms with Gasteiger partial charge < -0.3 is 14.8 Å². The van der Waals surface area contributed by atoms with Crippen molar-refractivity contribution in [2.75, 3.05) is 6.61 Å². The Labute approximate surface area is 200 Å². The molecule has 0 radical (unpaired) electrons. The Bertz CT molecular complexity index is 997. The fourth-order valence-corrected chi connectivity index (χ4v) is 7.45. The molecule has 5 aliphatic rings. The first-order chi connectivity index (χ1) is 16.0. The summed E-state index contributed by atoms with van der Waals surface area (Å²) in [6.45, 7) is 6.16. The van der Waals surface area contributed by atoms with E-state index in [0.717, 1.165) is 38.5 Å². The molecule has 0 aromatic rings. The van der Waals surface area contributed by atoms with Crippen molar-refractivity contribution in [1.29, 1.82) is 0 Å². The summed E-state index contributed by atoms with van der Waals surface area (Å²) in [4.78, 5) is 45.0. The number of hydrogen-bond acceptors (Lipinski definition) is 7. The van der Waals surface area contributed by atoms with E-state index in [1.165, 1.54) is 5.57 Å². The molecule has 8 heteroatoms. The maximum Gasteiger partial charge on any atom is 0.373 e. The topological polar surface area (TPSA) is 106 Å². The lowest BCUT2D eigenvalue weighted by molar-refractivity contribution is -0.200. The van der Waals surface area contributed by atoms with Crippen LogP contribution in [0, 0.1) is 28.6 Å². The zero-order valence-corrected chi connectivity index (χ0v) is 20.2. The predicted octanol–water partition coefficient (Wildman–Crippen LogP) is 3.46. The normalized spacial score (nSPS) is 42.2. The molecule has 184 valence electrons. The summed E-state index contributed by atoms with van der Waals surface area (Å²) < 4.78 is 0. The molecule has 6 atom stereocenters. The van der Waals surface area contributed by atoms with Crippen molar-refractivity contribution in [3.63, 3.8) is 0 Å². The average molecular weight is 471 g/mol. The van der Waals surface area contributed by atoms with Crippen LogP contribution in [0.25, 0.3) is 0 Å². The molecule has 1 saturated heterocycles. The zero-order valence-electron chi connectivity index (χ0n) is 20.2. The minimum absolute atomic E-state index is 0.00346. The molecule has 0 bridgehead atoms. The first-order valence-corrected chi connectivity index (χ1v) is 12.4. The molecular weight excluding hydrogens is 436 g/mol. The monoisotopic (exact) mass is 470 g/mol. The number of aliphatic hydroxyl groups is 1. The fourth-order valence-electron chi connectivity index (χ4n) is 7.45. The lowest BCUT2D eigenvalue weighted by Gasteiger charge is -2.58. The van der Waals surface area contributed by atoms with Gasteiger partial charge in [0.25, 0.3) is 11.8 Å². The highest BCUT2D eigenvalue weighted by Crippen LogP contribution is 2.66. The fraction of sp³-hybridized carbons (Fsp3) is 0.692. The van der Waals surface area contributed by atoms with Crippen molar-refractivity contribution in [3.8, 4) is 0 Å². The van der Waals surface area contributed by atoms with Crippen molar-refractivity contribution in [3.05, 3.63) is 23.8 Å². The van der Waals surface area contributed by atoms with E-state index in [9.17, 15) is 19.5 Å². The maximum atomic E-state index is 11.9. The van der Waals surface area contributed by atoms with Crippen molar-refractivity contribution in [2.24, 2.45) is 33.7 Å². The molecule has 0 unspecified atom stereocenters. The molecule has 3 saturated carbocycles. The number of fused-ring (bicyclic) bond motifs is 5. The summed E-state index contributed by atoms with van der Waals surface area (Å²) in [6.07, 6.45) is 12.6. The molecule has 5 rings (SSSR count). The summed E-state index contributed by atoms with van der Waals surface area (Å²) >= 11 is 0. The van der Waals surface area contributed by atoms with Gasteiger partial charge in [0.2, 0.25) is 6.61 Å². The van der Waals surface area contributed by atoms with Gasteiger partial charge in [0.05, 0.1) is 5.60 Å². The second kappa shape index (κ2) is 8.04. The number of carbonyl (C=O) groups excluding carboxylic acids is 3. The van der Waals surface area contributed by atoms with E-state index in [4.69, 9.17) is 9.68 Å². The second-order valence-electron chi connectivity index (χ2n) is 11.3. The summed E-state index contributed by atoms with van der Waals surface area (Å²) in [6, 6.07) is 0. The number of nitrogens with zero attached hydrogens (tertiary/aromatic N) is 2. The second-order valence-corrected chi connectivity index (χ2v) is 11.3. The lowest BCUT2D eigenvalue weighted by atomic mass is 9.47. The Morgan fingerprint density at radius 3 is 2.53 bits per heavy atom. The molecular formula is C26H34N2O6. The van der Waals surface area contributed by atoms with Gasteiger partial charge in [-0.3, -0.25) is 9.59 Å². The van der Waals surface area contributed by atoms with Gasteiger partial charge in [-0.05, 0) is 80.8 Å².